The summed E-state index contributed by atoms with van der Waals surface area (Å²) in [5.41, 5.74) is 2.98. The molecule has 7 nitrogen and oxygen atoms in total. The zero-order chi connectivity index (χ0) is 17.4. The Labute approximate surface area is 143 Å². The molecule has 0 saturated carbocycles. The van der Waals surface area contributed by atoms with E-state index in [2.05, 4.69) is 27.1 Å². The average molecular weight is 333 g/mol. The third-order valence-electron chi connectivity index (χ3n) is 4.27. The van der Waals surface area contributed by atoms with E-state index >= 15 is 0 Å². The molecule has 2 aromatic heterocycles. The van der Waals surface area contributed by atoms with Gasteiger partial charge < -0.3 is 10.2 Å². The van der Waals surface area contributed by atoms with E-state index in [-0.39, 0.29) is 11.8 Å². The van der Waals surface area contributed by atoms with Crippen LogP contribution in [0.2, 0.25) is 0 Å². The van der Waals surface area contributed by atoms with Crippen molar-refractivity contribution in [3.05, 3.63) is 66.5 Å². The van der Waals surface area contributed by atoms with Gasteiger partial charge >= 0.3 is 0 Å². The summed E-state index contributed by atoms with van der Waals surface area (Å²) in [7, 11) is 0. The average Bonchev–Trinajstić information content (AvgIpc) is 3.24. The molecule has 1 aromatic carbocycles. The summed E-state index contributed by atoms with van der Waals surface area (Å²) in [5, 5.41) is 10.3. The zero-order valence-corrected chi connectivity index (χ0v) is 13.3. The lowest BCUT2D eigenvalue weighted by molar-refractivity contribution is -0.134. The van der Waals surface area contributed by atoms with E-state index in [1.54, 1.807) is 18.5 Å². The van der Waals surface area contributed by atoms with Gasteiger partial charge in [0.2, 0.25) is 5.91 Å². The molecule has 0 aliphatic carbocycles. The van der Waals surface area contributed by atoms with Crippen molar-refractivity contribution in [1.82, 2.24) is 20.1 Å². The molecule has 1 aliphatic heterocycles. The Morgan fingerprint density at radius 2 is 2.16 bits per heavy atom. The number of carbonyl (C=O) groups excluding carboxylic acids is 2. The van der Waals surface area contributed by atoms with E-state index in [0.717, 1.165) is 16.5 Å². The van der Waals surface area contributed by atoms with Crippen LogP contribution in [-0.2, 0) is 16.1 Å². The number of amides is 2. The van der Waals surface area contributed by atoms with Crippen LogP contribution in [0, 0.1) is 0 Å². The summed E-state index contributed by atoms with van der Waals surface area (Å²) < 4.78 is 0. The van der Waals surface area contributed by atoms with Crippen LogP contribution >= 0.6 is 0 Å². The number of hydrogen-bond donors (Lipinski definition) is 2. The van der Waals surface area contributed by atoms with Crippen LogP contribution in [-0.4, -0.2) is 31.9 Å². The van der Waals surface area contributed by atoms with Gasteiger partial charge in [-0.2, -0.15) is 5.10 Å². The van der Waals surface area contributed by atoms with Gasteiger partial charge in [-0.3, -0.25) is 14.7 Å². The molecule has 0 radical (unpaired) electrons. The molecule has 3 aromatic rings. The van der Waals surface area contributed by atoms with Crippen LogP contribution in [0.1, 0.15) is 17.2 Å². The van der Waals surface area contributed by atoms with Gasteiger partial charge in [-0.1, -0.05) is 30.8 Å². The molecule has 3 heterocycles. The molecule has 1 aliphatic rings. The van der Waals surface area contributed by atoms with Crippen molar-refractivity contribution >= 4 is 28.5 Å². The summed E-state index contributed by atoms with van der Waals surface area (Å²) >= 11 is 0. The highest BCUT2D eigenvalue weighted by molar-refractivity contribution is 6.01. The molecule has 7 heteroatoms. The van der Waals surface area contributed by atoms with Gasteiger partial charge in [-0.25, -0.2) is 4.98 Å². The van der Waals surface area contributed by atoms with Crippen molar-refractivity contribution < 1.29 is 9.59 Å². The Morgan fingerprint density at radius 1 is 1.32 bits per heavy atom. The molecule has 4 rings (SSSR count). The number of aromatic nitrogens is 3. The van der Waals surface area contributed by atoms with Gasteiger partial charge in [-0.05, 0) is 23.3 Å². The van der Waals surface area contributed by atoms with Gasteiger partial charge in [0.15, 0.2) is 5.65 Å². The van der Waals surface area contributed by atoms with E-state index in [1.807, 2.05) is 24.3 Å². The van der Waals surface area contributed by atoms with E-state index in [0.29, 0.717) is 17.9 Å². The number of fused-ring (bicyclic) bond motifs is 2. The first-order valence-electron chi connectivity index (χ1n) is 7.78. The zero-order valence-electron chi connectivity index (χ0n) is 13.3. The van der Waals surface area contributed by atoms with Crippen molar-refractivity contribution in [2.75, 3.05) is 5.32 Å². The van der Waals surface area contributed by atoms with Crippen molar-refractivity contribution in [2.45, 2.75) is 12.6 Å². The highest BCUT2D eigenvalue weighted by Gasteiger charge is 2.37. The maximum Gasteiger partial charge on any atom is 0.251 e. The summed E-state index contributed by atoms with van der Waals surface area (Å²) in [5.74, 6) is -0.565. The van der Waals surface area contributed by atoms with Gasteiger partial charge in [0.25, 0.3) is 5.91 Å². The van der Waals surface area contributed by atoms with E-state index in [1.165, 1.54) is 11.0 Å². The molecule has 124 valence electrons. The minimum Gasteiger partial charge on any atom is -0.323 e. The molecule has 0 saturated heterocycles. The van der Waals surface area contributed by atoms with Crippen LogP contribution in [0.4, 0.5) is 5.69 Å². The Bertz CT molecular complexity index is 994. The number of benzene rings is 1. The lowest BCUT2D eigenvalue weighted by Crippen LogP contribution is -2.35. The minimum atomic E-state index is -0.693. The van der Waals surface area contributed by atoms with Crippen LogP contribution in [0.5, 0.6) is 0 Å². The Balaban J connectivity index is 1.66. The molecule has 25 heavy (non-hydrogen) atoms. The van der Waals surface area contributed by atoms with E-state index in [9.17, 15) is 9.59 Å². The fourth-order valence-electron chi connectivity index (χ4n) is 3.11. The van der Waals surface area contributed by atoms with E-state index < -0.39 is 6.04 Å². The molecular formula is C18H15N5O2. The van der Waals surface area contributed by atoms with E-state index in [4.69, 9.17) is 0 Å². The quantitative estimate of drug-likeness (QED) is 0.719. The lowest BCUT2D eigenvalue weighted by atomic mass is 10.0. The molecule has 2 amide bonds. The second-order valence-corrected chi connectivity index (χ2v) is 5.79. The lowest BCUT2D eigenvalue weighted by Gasteiger charge is -2.23. The largest absolute Gasteiger partial charge is 0.323 e. The number of H-pyrrole nitrogens is 1. The molecule has 2 N–H and O–H groups in total. The van der Waals surface area contributed by atoms with Gasteiger partial charge in [-0.15, -0.1) is 0 Å². The van der Waals surface area contributed by atoms with Gasteiger partial charge in [0.1, 0.15) is 6.04 Å². The second kappa shape index (κ2) is 5.86. The van der Waals surface area contributed by atoms with Gasteiger partial charge in [0, 0.05) is 11.9 Å². The number of rotatable bonds is 3. The fourth-order valence-corrected chi connectivity index (χ4v) is 3.11. The number of pyridine rings is 1. The highest BCUT2D eigenvalue weighted by Crippen LogP contribution is 2.34. The summed E-state index contributed by atoms with van der Waals surface area (Å²) in [6, 6.07) is 8.64. The van der Waals surface area contributed by atoms with Crippen LogP contribution in [0.25, 0.3) is 11.0 Å². The smallest absolute Gasteiger partial charge is 0.251 e. The fraction of sp³-hybridized carbons (Fsp3) is 0.111. The first-order chi connectivity index (χ1) is 12.2. The third kappa shape index (κ3) is 2.55. The number of hydrogen-bond acceptors (Lipinski definition) is 4. The molecule has 0 spiro atoms. The first-order valence-corrected chi connectivity index (χ1v) is 7.78. The highest BCUT2D eigenvalue weighted by atomic mass is 16.2. The number of nitrogens with zero attached hydrogens (tertiary/aromatic N) is 3. The summed E-state index contributed by atoms with van der Waals surface area (Å²) in [6.45, 7) is 3.92. The molecule has 0 fully saturated rings. The van der Waals surface area contributed by atoms with Crippen LogP contribution in [0.3, 0.4) is 0 Å². The van der Waals surface area contributed by atoms with Crippen molar-refractivity contribution in [2.24, 2.45) is 0 Å². The maximum absolute atomic E-state index is 12.9. The normalized spacial score (nSPS) is 15.8. The SMILES string of the molecule is C=CC(=O)N1Cc2ccccc2C1C(=O)Nc1cnc2[nH]ncc2c1. The predicted molar refractivity (Wildman–Crippen MR) is 92.4 cm³/mol. The van der Waals surface area contributed by atoms with Crippen LogP contribution < -0.4 is 5.32 Å². The monoisotopic (exact) mass is 333 g/mol. The van der Waals surface area contributed by atoms with Crippen molar-refractivity contribution in [3.63, 3.8) is 0 Å². The molecule has 1 atom stereocenters. The Morgan fingerprint density at radius 3 is 3.00 bits per heavy atom. The topological polar surface area (TPSA) is 91.0 Å². The number of carbonyl (C=O) groups is 2. The predicted octanol–water partition coefficient (Wildman–Crippen LogP) is 2.17. The number of anilines is 1. The molecule has 1 unspecified atom stereocenters. The van der Waals surface area contributed by atoms with Crippen molar-refractivity contribution in [1.29, 1.82) is 0 Å². The maximum atomic E-state index is 12.9. The summed E-state index contributed by atoms with van der Waals surface area (Å²) in [4.78, 5) is 30.8. The molecular weight excluding hydrogens is 318 g/mol. The Kier molecular flexibility index (Phi) is 3.53. The number of aromatic amines is 1. The van der Waals surface area contributed by atoms with Crippen LogP contribution in [0.15, 0.2) is 55.4 Å². The Hall–Kier alpha value is -3.48. The molecule has 0 bridgehead atoms. The van der Waals surface area contributed by atoms with Gasteiger partial charge in [0.05, 0.1) is 18.1 Å². The minimum absolute atomic E-state index is 0.278. The first kappa shape index (κ1) is 15.1. The number of nitrogens with one attached hydrogen (secondary N) is 2. The second-order valence-electron chi connectivity index (χ2n) is 5.79. The standard InChI is InChI=1S/C18H15N5O2/c1-2-15(24)23-10-11-5-3-4-6-14(11)16(23)18(25)21-13-7-12-8-20-22-17(12)19-9-13/h2-9,16H,1,10H2,(H,21,25)(H,19,20,22). The third-order valence-corrected chi connectivity index (χ3v) is 4.27. The summed E-state index contributed by atoms with van der Waals surface area (Å²) in [6.07, 6.45) is 4.42. The van der Waals surface area contributed by atoms with Crippen molar-refractivity contribution in [3.8, 4) is 0 Å².